The minimum Gasteiger partial charge on any atom is -0.262 e. The Hall–Kier alpha value is -0.860. The number of rotatable bonds is 6. The molecule has 21 heavy (non-hydrogen) atoms. The van der Waals surface area contributed by atoms with Crippen molar-refractivity contribution in [1.82, 2.24) is 15.2 Å². The molecule has 2 aromatic rings. The van der Waals surface area contributed by atoms with Gasteiger partial charge in [0.05, 0.1) is 10.6 Å². The molecule has 0 saturated heterocycles. The van der Waals surface area contributed by atoms with Gasteiger partial charge < -0.3 is 0 Å². The zero-order valence-electron chi connectivity index (χ0n) is 11.1. The second-order valence-electron chi connectivity index (χ2n) is 4.90. The Labute approximate surface area is 136 Å². The molecule has 0 atom stereocenters. The van der Waals surface area contributed by atoms with Crippen LogP contribution in [0.5, 0.6) is 0 Å². The first kappa shape index (κ1) is 15.1. The maximum Gasteiger partial charge on any atom is 0.208 e. The molecule has 8 heteroatoms. The molecule has 0 amide bonds. The quantitative estimate of drug-likeness (QED) is 0.770. The Morgan fingerprint density at radius 1 is 1.29 bits per heavy atom. The molecule has 0 bridgehead atoms. The van der Waals surface area contributed by atoms with E-state index < -0.39 is 9.84 Å². The van der Waals surface area contributed by atoms with Crippen LogP contribution in [0, 0.1) is 0 Å². The maximum atomic E-state index is 12.2. The fourth-order valence-electron chi connectivity index (χ4n) is 1.86. The lowest BCUT2D eigenvalue weighted by atomic mass is 10.4. The van der Waals surface area contributed by atoms with Gasteiger partial charge in [-0.1, -0.05) is 27.7 Å². The smallest absolute Gasteiger partial charge is 0.208 e. The van der Waals surface area contributed by atoms with Gasteiger partial charge in [-0.25, -0.2) is 13.4 Å². The van der Waals surface area contributed by atoms with E-state index in [-0.39, 0.29) is 5.75 Å². The molecule has 3 rings (SSSR count). The predicted octanol–water partition coefficient (Wildman–Crippen LogP) is 3.01. The van der Waals surface area contributed by atoms with Gasteiger partial charge in [-0.15, -0.1) is 5.10 Å². The van der Waals surface area contributed by atoms with Gasteiger partial charge in [0, 0.05) is 16.1 Å². The molecule has 1 saturated carbocycles. The van der Waals surface area contributed by atoms with Crippen LogP contribution in [-0.4, -0.2) is 35.1 Å². The first-order valence-electron chi connectivity index (χ1n) is 6.58. The molecule has 1 aliphatic rings. The van der Waals surface area contributed by atoms with Crippen LogP contribution in [0.3, 0.4) is 0 Å². The Bertz CT molecular complexity index is 724. The number of benzene rings is 1. The van der Waals surface area contributed by atoms with Crippen LogP contribution in [0.2, 0.25) is 0 Å². The second-order valence-corrected chi connectivity index (χ2v) is 8.99. The van der Waals surface area contributed by atoms with Gasteiger partial charge in [-0.2, -0.15) is 0 Å². The van der Waals surface area contributed by atoms with E-state index in [1.807, 2.05) is 0 Å². The number of halogens is 1. The maximum absolute atomic E-state index is 12.2. The highest BCUT2D eigenvalue weighted by Crippen LogP contribution is 2.38. The van der Waals surface area contributed by atoms with E-state index in [4.69, 9.17) is 0 Å². The number of aromatic nitrogens is 3. The summed E-state index contributed by atoms with van der Waals surface area (Å²) in [6.07, 6.45) is 2.33. The fourth-order valence-corrected chi connectivity index (χ4v) is 4.58. The van der Waals surface area contributed by atoms with E-state index in [1.165, 1.54) is 11.8 Å². The lowest BCUT2D eigenvalue weighted by molar-refractivity contribution is 0.597. The SMILES string of the molecule is O=S(=O)(CCSc1n[nH]c(C2CC2)n1)c1ccc(Br)cc1. The summed E-state index contributed by atoms with van der Waals surface area (Å²) in [7, 11) is -3.25. The van der Waals surface area contributed by atoms with Gasteiger partial charge in [0.1, 0.15) is 5.82 Å². The molecule has 1 heterocycles. The first-order valence-corrected chi connectivity index (χ1v) is 10.0. The van der Waals surface area contributed by atoms with Crippen LogP contribution in [-0.2, 0) is 9.84 Å². The lowest BCUT2D eigenvalue weighted by Crippen LogP contribution is -2.08. The largest absolute Gasteiger partial charge is 0.262 e. The fraction of sp³-hybridized carbons (Fsp3) is 0.385. The van der Waals surface area contributed by atoms with Crippen molar-refractivity contribution in [2.75, 3.05) is 11.5 Å². The van der Waals surface area contributed by atoms with Gasteiger partial charge in [0.15, 0.2) is 9.84 Å². The van der Waals surface area contributed by atoms with Crippen LogP contribution >= 0.6 is 27.7 Å². The van der Waals surface area contributed by atoms with Crippen LogP contribution in [0.4, 0.5) is 0 Å². The third-order valence-electron chi connectivity index (χ3n) is 3.20. The molecule has 0 unspecified atom stereocenters. The molecule has 1 aromatic heterocycles. The van der Waals surface area contributed by atoms with E-state index in [0.717, 1.165) is 23.1 Å². The lowest BCUT2D eigenvalue weighted by Gasteiger charge is -2.03. The van der Waals surface area contributed by atoms with Crippen LogP contribution in [0.15, 0.2) is 38.8 Å². The topological polar surface area (TPSA) is 75.7 Å². The molecular weight excluding hydrogens is 374 g/mol. The van der Waals surface area contributed by atoms with Crippen molar-refractivity contribution < 1.29 is 8.42 Å². The summed E-state index contributed by atoms with van der Waals surface area (Å²) < 4.78 is 25.2. The highest BCUT2D eigenvalue weighted by atomic mass is 79.9. The van der Waals surface area contributed by atoms with Crippen molar-refractivity contribution in [2.45, 2.75) is 28.8 Å². The minimum absolute atomic E-state index is 0.0760. The van der Waals surface area contributed by atoms with E-state index >= 15 is 0 Å². The standard InChI is InChI=1S/C13H14BrN3O2S2/c14-10-3-5-11(6-4-10)21(18,19)8-7-20-13-15-12(16-17-13)9-1-2-9/h3-6,9H,1-2,7-8H2,(H,15,16,17). The Morgan fingerprint density at radius 3 is 2.67 bits per heavy atom. The molecule has 0 radical (unpaired) electrons. The summed E-state index contributed by atoms with van der Waals surface area (Å²) in [5.41, 5.74) is 0. The number of thioether (sulfide) groups is 1. The van der Waals surface area contributed by atoms with E-state index in [0.29, 0.717) is 21.7 Å². The molecule has 5 nitrogen and oxygen atoms in total. The first-order chi connectivity index (χ1) is 10.0. The molecule has 0 aliphatic heterocycles. The van der Waals surface area contributed by atoms with Crippen molar-refractivity contribution >= 4 is 37.5 Å². The highest BCUT2D eigenvalue weighted by Gasteiger charge is 2.27. The highest BCUT2D eigenvalue weighted by molar-refractivity contribution is 9.10. The van der Waals surface area contributed by atoms with Gasteiger partial charge in [0.25, 0.3) is 0 Å². The molecule has 1 N–H and O–H groups in total. The summed E-state index contributed by atoms with van der Waals surface area (Å²) in [5.74, 6) is 1.97. The van der Waals surface area contributed by atoms with Crippen molar-refractivity contribution in [3.05, 3.63) is 34.6 Å². The van der Waals surface area contributed by atoms with Gasteiger partial charge in [0.2, 0.25) is 5.16 Å². The van der Waals surface area contributed by atoms with Crippen molar-refractivity contribution in [1.29, 1.82) is 0 Å². The second kappa shape index (κ2) is 6.10. The number of H-pyrrole nitrogens is 1. The molecule has 112 valence electrons. The van der Waals surface area contributed by atoms with Crippen molar-refractivity contribution in [3.63, 3.8) is 0 Å². The Balaban J connectivity index is 1.57. The average Bonchev–Trinajstić information content (AvgIpc) is 3.19. The minimum atomic E-state index is -3.25. The van der Waals surface area contributed by atoms with Crippen LogP contribution < -0.4 is 0 Å². The zero-order chi connectivity index (χ0) is 14.9. The normalized spacial score (nSPS) is 15.3. The van der Waals surface area contributed by atoms with Gasteiger partial charge in [-0.3, -0.25) is 5.10 Å². The van der Waals surface area contributed by atoms with Crippen molar-refractivity contribution in [2.24, 2.45) is 0 Å². The average molecular weight is 388 g/mol. The summed E-state index contributed by atoms with van der Waals surface area (Å²) in [5, 5.41) is 7.65. The summed E-state index contributed by atoms with van der Waals surface area (Å²) in [6.45, 7) is 0. The van der Waals surface area contributed by atoms with E-state index in [9.17, 15) is 8.42 Å². The third kappa shape index (κ3) is 3.87. The monoisotopic (exact) mass is 387 g/mol. The van der Waals surface area contributed by atoms with Crippen LogP contribution in [0.1, 0.15) is 24.6 Å². The third-order valence-corrected chi connectivity index (χ3v) is 6.57. The molecule has 1 aliphatic carbocycles. The zero-order valence-corrected chi connectivity index (χ0v) is 14.3. The van der Waals surface area contributed by atoms with E-state index in [2.05, 4.69) is 31.1 Å². The molecular formula is C13H14BrN3O2S2. The van der Waals surface area contributed by atoms with Crippen molar-refractivity contribution in [3.8, 4) is 0 Å². The van der Waals surface area contributed by atoms with Crippen LogP contribution in [0.25, 0.3) is 0 Å². The number of nitrogens with one attached hydrogen (secondary N) is 1. The molecule has 1 fully saturated rings. The van der Waals surface area contributed by atoms with Gasteiger partial charge in [-0.05, 0) is 37.1 Å². The number of nitrogens with zero attached hydrogens (tertiary/aromatic N) is 2. The number of hydrogen-bond acceptors (Lipinski definition) is 5. The Kier molecular flexibility index (Phi) is 4.37. The molecule has 1 aromatic carbocycles. The summed E-state index contributed by atoms with van der Waals surface area (Å²) in [6, 6.07) is 6.69. The van der Waals surface area contributed by atoms with Gasteiger partial charge >= 0.3 is 0 Å². The number of sulfone groups is 1. The van der Waals surface area contributed by atoms with E-state index in [1.54, 1.807) is 24.3 Å². The predicted molar refractivity (Wildman–Crippen MR) is 85.3 cm³/mol. The Morgan fingerprint density at radius 2 is 2.00 bits per heavy atom. The summed E-state index contributed by atoms with van der Waals surface area (Å²) >= 11 is 4.66. The number of aromatic amines is 1. The summed E-state index contributed by atoms with van der Waals surface area (Å²) in [4.78, 5) is 4.72. The number of hydrogen-bond donors (Lipinski definition) is 1. The molecule has 0 spiro atoms.